The second-order valence-corrected chi connectivity index (χ2v) is 7.37. The largest absolute Gasteiger partial charge is 0.489 e. The standard InChI is InChI=1S/C17H18F2N2O3S.C4H4O4/c18-15-7-13(23-9-12-1-6-25-11-12)8-16(19)14(15)10-24-17(22)21-4-2-20-3-5-21;5-3(6)1-2-4(7)8/h1,6-8,11,20H,2-5,9-10H2;1-2H,(H,5,6)(H,7,8)/b;2-1+. The molecule has 1 fully saturated rings. The van der Waals surface area contributed by atoms with Crippen molar-refractivity contribution in [3.63, 3.8) is 0 Å². The van der Waals surface area contributed by atoms with Crippen molar-refractivity contribution in [3.05, 3.63) is 63.9 Å². The molecule has 0 radical (unpaired) electrons. The fraction of sp³-hybridized carbons (Fsp3) is 0.286. The smallest absolute Gasteiger partial charge is 0.410 e. The minimum Gasteiger partial charge on any atom is -0.489 e. The maximum atomic E-state index is 14.1. The van der Waals surface area contributed by atoms with Gasteiger partial charge in [-0.1, -0.05) is 0 Å². The van der Waals surface area contributed by atoms with Gasteiger partial charge in [0.15, 0.2) is 0 Å². The first-order chi connectivity index (χ1) is 15.8. The maximum Gasteiger partial charge on any atom is 0.410 e. The predicted octanol–water partition coefficient (Wildman–Crippen LogP) is 2.86. The van der Waals surface area contributed by atoms with Crippen molar-refractivity contribution in [2.75, 3.05) is 26.2 Å². The van der Waals surface area contributed by atoms with Crippen LogP contribution in [0.5, 0.6) is 5.75 Å². The third-order valence-corrected chi connectivity index (χ3v) is 4.92. The van der Waals surface area contributed by atoms with E-state index in [9.17, 15) is 23.2 Å². The van der Waals surface area contributed by atoms with Gasteiger partial charge < -0.3 is 29.9 Å². The Balaban J connectivity index is 0.000000414. The molecule has 0 unspecified atom stereocenters. The summed E-state index contributed by atoms with van der Waals surface area (Å²) in [5.41, 5.74) is 0.645. The van der Waals surface area contributed by atoms with Crippen LogP contribution < -0.4 is 10.1 Å². The monoisotopic (exact) mass is 484 g/mol. The summed E-state index contributed by atoms with van der Waals surface area (Å²) < 4.78 is 38.7. The fourth-order valence-electron chi connectivity index (χ4n) is 2.56. The van der Waals surface area contributed by atoms with Crippen molar-refractivity contribution in [1.82, 2.24) is 10.2 Å². The molecule has 3 rings (SSSR count). The highest BCUT2D eigenvalue weighted by atomic mass is 32.1. The summed E-state index contributed by atoms with van der Waals surface area (Å²) in [5.74, 6) is -4.01. The van der Waals surface area contributed by atoms with E-state index in [1.54, 1.807) is 0 Å². The molecular formula is C21H22F2N2O7S. The van der Waals surface area contributed by atoms with Crippen LogP contribution in [0, 0.1) is 11.6 Å². The van der Waals surface area contributed by atoms with Gasteiger partial charge in [-0.05, 0) is 22.4 Å². The lowest BCUT2D eigenvalue weighted by Gasteiger charge is -2.26. The molecule has 0 bridgehead atoms. The number of hydrogen-bond acceptors (Lipinski definition) is 7. The Morgan fingerprint density at radius 2 is 1.67 bits per heavy atom. The molecule has 178 valence electrons. The molecule has 1 aromatic heterocycles. The van der Waals surface area contributed by atoms with Crippen LogP contribution in [-0.2, 0) is 27.5 Å². The molecule has 2 aromatic rings. The van der Waals surface area contributed by atoms with Crippen molar-refractivity contribution in [1.29, 1.82) is 0 Å². The zero-order valence-electron chi connectivity index (χ0n) is 17.3. The number of carbonyl (C=O) groups is 3. The minimum atomic E-state index is -1.26. The Morgan fingerprint density at radius 3 is 2.18 bits per heavy atom. The van der Waals surface area contributed by atoms with Gasteiger partial charge in [-0.15, -0.1) is 0 Å². The third kappa shape index (κ3) is 9.25. The van der Waals surface area contributed by atoms with Crippen molar-refractivity contribution in [2.45, 2.75) is 13.2 Å². The molecule has 3 N–H and O–H groups in total. The van der Waals surface area contributed by atoms with Crippen LogP contribution in [0.3, 0.4) is 0 Å². The van der Waals surface area contributed by atoms with Crippen LogP contribution in [0.25, 0.3) is 0 Å². The fourth-order valence-corrected chi connectivity index (χ4v) is 3.21. The molecule has 1 amide bonds. The molecule has 9 nitrogen and oxygen atoms in total. The number of benzene rings is 1. The molecule has 0 atom stereocenters. The number of carboxylic acid groups (broad SMARTS) is 2. The summed E-state index contributed by atoms with van der Waals surface area (Å²) in [6.45, 7) is 2.16. The number of carboxylic acids is 2. The van der Waals surface area contributed by atoms with Gasteiger partial charge in [0.05, 0.1) is 5.56 Å². The number of rotatable bonds is 7. The first-order valence-electron chi connectivity index (χ1n) is 9.64. The average molecular weight is 484 g/mol. The third-order valence-electron chi connectivity index (χ3n) is 4.18. The lowest BCUT2D eigenvalue weighted by atomic mass is 10.2. The van der Waals surface area contributed by atoms with Crippen LogP contribution >= 0.6 is 11.3 Å². The number of hydrogen-bond donors (Lipinski definition) is 3. The number of piperazine rings is 1. The molecule has 12 heteroatoms. The Morgan fingerprint density at radius 1 is 1.06 bits per heavy atom. The van der Waals surface area contributed by atoms with Gasteiger partial charge in [0, 0.05) is 50.5 Å². The Labute approximate surface area is 191 Å². The highest BCUT2D eigenvalue weighted by Gasteiger charge is 2.19. The lowest BCUT2D eigenvalue weighted by Crippen LogP contribution is -2.46. The quantitative estimate of drug-likeness (QED) is 0.513. The van der Waals surface area contributed by atoms with E-state index >= 15 is 0 Å². The van der Waals surface area contributed by atoms with Gasteiger partial charge in [0.2, 0.25) is 0 Å². The van der Waals surface area contributed by atoms with Crippen LogP contribution in [0.1, 0.15) is 11.1 Å². The number of amides is 1. The van der Waals surface area contributed by atoms with Gasteiger partial charge in [-0.3, -0.25) is 0 Å². The number of nitrogens with zero attached hydrogens (tertiary/aromatic N) is 1. The number of halogens is 2. The average Bonchev–Trinajstić information content (AvgIpc) is 3.30. The Bertz CT molecular complexity index is 938. The molecule has 2 heterocycles. The first kappa shape index (κ1) is 25.7. The summed E-state index contributed by atoms with van der Waals surface area (Å²) in [4.78, 5) is 32.5. The van der Waals surface area contributed by atoms with Crippen molar-refractivity contribution < 1.29 is 42.9 Å². The summed E-state index contributed by atoms with van der Waals surface area (Å²) in [7, 11) is 0. The predicted molar refractivity (Wildman–Crippen MR) is 114 cm³/mol. The normalized spacial score (nSPS) is 13.2. The minimum absolute atomic E-state index is 0.0957. The van der Waals surface area contributed by atoms with Crippen molar-refractivity contribution in [2.24, 2.45) is 0 Å². The molecule has 0 saturated carbocycles. The number of ether oxygens (including phenoxy) is 2. The van der Waals surface area contributed by atoms with E-state index in [0.717, 1.165) is 17.7 Å². The molecule has 33 heavy (non-hydrogen) atoms. The molecular weight excluding hydrogens is 462 g/mol. The summed E-state index contributed by atoms with van der Waals surface area (Å²) >= 11 is 1.52. The second kappa shape index (κ2) is 13.1. The first-order valence-corrected chi connectivity index (χ1v) is 10.6. The summed E-state index contributed by atoms with van der Waals surface area (Å²) in [5, 5.41) is 22.5. The van der Waals surface area contributed by atoms with Crippen LogP contribution in [0.2, 0.25) is 0 Å². The van der Waals surface area contributed by atoms with E-state index in [4.69, 9.17) is 19.7 Å². The number of carbonyl (C=O) groups excluding carboxylic acids is 1. The van der Waals surface area contributed by atoms with Gasteiger partial charge >= 0.3 is 18.0 Å². The Kier molecular flexibility index (Phi) is 10.2. The van der Waals surface area contributed by atoms with Crippen molar-refractivity contribution in [3.8, 4) is 5.75 Å². The van der Waals surface area contributed by atoms with E-state index in [-0.39, 0.29) is 17.9 Å². The number of nitrogens with one attached hydrogen (secondary N) is 1. The van der Waals surface area contributed by atoms with Crippen LogP contribution in [-0.4, -0.2) is 59.3 Å². The van der Waals surface area contributed by atoms with Gasteiger partial charge in [-0.25, -0.2) is 23.2 Å². The van der Waals surface area contributed by atoms with Gasteiger partial charge in [0.1, 0.15) is 30.6 Å². The van der Waals surface area contributed by atoms with E-state index in [0.29, 0.717) is 38.3 Å². The molecule has 1 aromatic carbocycles. The van der Waals surface area contributed by atoms with Gasteiger partial charge in [-0.2, -0.15) is 11.3 Å². The lowest BCUT2D eigenvalue weighted by molar-refractivity contribution is -0.134. The maximum absolute atomic E-state index is 14.1. The highest BCUT2D eigenvalue weighted by molar-refractivity contribution is 7.07. The molecule has 0 aliphatic carbocycles. The number of aliphatic carboxylic acids is 2. The van der Waals surface area contributed by atoms with Crippen LogP contribution in [0.4, 0.5) is 13.6 Å². The summed E-state index contributed by atoms with van der Waals surface area (Å²) in [6.07, 6.45) is 0.545. The molecule has 1 aliphatic rings. The van der Waals surface area contributed by atoms with Gasteiger partial charge in [0.25, 0.3) is 0 Å². The topological polar surface area (TPSA) is 125 Å². The summed E-state index contributed by atoms with van der Waals surface area (Å²) in [6, 6.07) is 4.08. The van der Waals surface area contributed by atoms with E-state index in [2.05, 4.69) is 5.32 Å². The molecule has 0 spiro atoms. The van der Waals surface area contributed by atoms with E-state index in [1.807, 2.05) is 16.8 Å². The second-order valence-electron chi connectivity index (χ2n) is 6.59. The molecule has 1 aliphatic heterocycles. The molecule has 1 saturated heterocycles. The van der Waals surface area contributed by atoms with Crippen molar-refractivity contribution >= 4 is 29.4 Å². The zero-order valence-corrected chi connectivity index (χ0v) is 18.1. The van der Waals surface area contributed by atoms with Crippen LogP contribution in [0.15, 0.2) is 41.1 Å². The SMILES string of the molecule is O=C(O)/C=C/C(=O)O.O=C(OCc1c(F)cc(OCc2ccsc2)cc1F)N1CCNCC1. The number of thiophene rings is 1. The van der Waals surface area contributed by atoms with E-state index in [1.165, 1.54) is 16.2 Å². The highest BCUT2D eigenvalue weighted by Crippen LogP contribution is 2.23. The Hall–Kier alpha value is -3.51. The zero-order chi connectivity index (χ0) is 24.2. The van der Waals surface area contributed by atoms with E-state index < -0.39 is 36.3 Å².